The Labute approximate surface area is 193 Å². The Kier molecular flexibility index (Phi) is 7.79. The highest BCUT2D eigenvalue weighted by Crippen LogP contribution is 2.39. The molecule has 0 saturated heterocycles. The minimum atomic E-state index is -4.87. The second-order valence-electron chi connectivity index (χ2n) is 8.13. The number of alkyl halides is 3. The lowest BCUT2D eigenvalue weighted by Crippen LogP contribution is -2.32. The number of ether oxygens (including phenoxy) is 1. The molecule has 1 aromatic heterocycles. The minimum absolute atomic E-state index is 0.0137. The summed E-state index contributed by atoms with van der Waals surface area (Å²) in [5.41, 5.74) is -1.45. The molecule has 1 aromatic carbocycles. The number of hydrogen-bond donors (Lipinski definition) is 2. The quantitative estimate of drug-likeness (QED) is 0.561. The van der Waals surface area contributed by atoms with Gasteiger partial charge in [-0.15, -0.1) is 0 Å². The maximum atomic E-state index is 13.4. The predicted octanol–water partition coefficient (Wildman–Crippen LogP) is 4.39. The van der Waals surface area contributed by atoms with Gasteiger partial charge in [-0.1, -0.05) is 17.4 Å². The van der Waals surface area contributed by atoms with Crippen LogP contribution in [-0.4, -0.2) is 43.8 Å². The Hall–Kier alpha value is -2.67. The van der Waals surface area contributed by atoms with E-state index in [9.17, 15) is 31.2 Å². The summed E-state index contributed by atoms with van der Waals surface area (Å²) in [6.07, 6.45) is -4.21. The maximum absolute atomic E-state index is 13.4. The van der Waals surface area contributed by atoms with E-state index in [0.29, 0.717) is 16.8 Å². The third-order valence-corrected chi connectivity index (χ3v) is 6.28. The smallest absolute Gasteiger partial charge is 0.417 e. The van der Waals surface area contributed by atoms with Gasteiger partial charge >= 0.3 is 18.2 Å². The number of rotatable bonds is 6. The predicted molar refractivity (Wildman–Crippen MR) is 118 cm³/mol. The topological polar surface area (TPSA) is 114 Å². The van der Waals surface area contributed by atoms with Gasteiger partial charge in [0.1, 0.15) is 5.60 Å². The van der Waals surface area contributed by atoms with Crippen LogP contribution in [0.4, 0.5) is 23.1 Å². The van der Waals surface area contributed by atoms with E-state index in [4.69, 9.17) is 4.74 Å². The number of amides is 2. The molecule has 2 amide bonds. The van der Waals surface area contributed by atoms with E-state index in [1.807, 2.05) is 0 Å². The monoisotopic (exact) mass is 507 g/mol. The van der Waals surface area contributed by atoms with E-state index >= 15 is 0 Å². The van der Waals surface area contributed by atoms with Crippen molar-refractivity contribution in [3.05, 3.63) is 29.5 Å². The summed E-state index contributed by atoms with van der Waals surface area (Å²) in [6, 6.07) is 2.27. The van der Waals surface area contributed by atoms with Gasteiger partial charge in [-0.2, -0.15) is 13.2 Å². The Bertz CT molecular complexity index is 1150. The Morgan fingerprint density at radius 3 is 2.36 bits per heavy atom. The highest BCUT2D eigenvalue weighted by molar-refractivity contribution is 7.90. The van der Waals surface area contributed by atoms with E-state index in [-0.39, 0.29) is 23.7 Å². The van der Waals surface area contributed by atoms with Gasteiger partial charge < -0.3 is 10.1 Å². The molecule has 0 saturated carbocycles. The summed E-state index contributed by atoms with van der Waals surface area (Å²) < 4.78 is 68.9. The first-order valence-corrected chi connectivity index (χ1v) is 12.3. The van der Waals surface area contributed by atoms with Crippen LogP contribution in [0.5, 0.6) is 0 Å². The number of halogens is 3. The van der Waals surface area contributed by atoms with Crippen molar-refractivity contribution in [2.24, 2.45) is 0 Å². The Morgan fingerprint density at radius 2 is 1.82 bits per heavy atom. The van der Waals surface area contributed by atoms with Crippen LogP contribution in [-0.2, 0) is 25.5 Å². The summed E-state index contributed by atoms with van der Waals surface area (Å²) in [5, 5.41) is 5.06. The lowest BCUT2D eigenvalue weighted by atomic mass is 10.1. The molecule has 182 valence electrons. The number of urea groups is 1. The summed E-state index contributed by atoms with van der Waals surface area (Å²) >= 11 is 0.930. The summed E-state index contributed by atoms with van der Waals surface area (Å²) in [5.74, 6) is -0.479. The van der Waals surface area contributed by atoms with E-state index in [2.05, 4.69) is 15.6 Å². The lowest BCUT2D eigenvalue weighted by molar-refractivity contribution is -0.154. The molecule has 0 radical (unpaired) electrons. The number of carbonyl (C=O) groups is 2. The summed E-state index contributed by atoms with van der Waals surface area (Å²) in [6.45, 7) is 6.73. The van der Waals surface area contributed by atoms with Crippen molar-refractivity contribution < 1.29 is 35.9 Å². The maximum Gasteiger partial charge on any atom is 0.417 e. The van der Waals surface area contributed by atoms with E-state index in [0.717, 1.165) is 23.5 Å². The van der Waals surface area contributed by atoms with Crippen molar-refractivity contribution in [3.63, 3.8) is 0 Å². The molecule has 0 bridgehead atoms. The standard InChI is InChI=1S/C20H24F3N3O5S2/c1-11-16(12-6-7-14(33(5,29)30)13(10-12)20(21,22)23)32-18(25-11)26-17(28)24-9-8-15(27)31-19(2,3)4/h6-7,10H,8-9H2,1-5H3,(H2,24,25,26,28). The average Bonchev–Trinajstić information content (AvgIpc) is 2.98. The summed E-state index contributed by atoms with van der Waals surface area (Å²) in [4.78, 5) is 27.4. The number of anilines is 1. The van der Waals surface area contributed by atoms with Crippen molar-refractivity contribution in [2.75, 3.05) is 18.1 Å². The highest BCUT2D eigenvalue weighted by Gasteiger charge is 2.36. The summed E-state index contributed by atoms with van der Waals surface area (Å²) in [7, 11) is -4.09. The molecule has 0 fully saturated rings. The molecule has 2 N–H and O–H groups in total. The molecular weight excluding hydrogens is 483 g/mol. The molecule has 0 atom stereocenters. The number of nitrogens with zero attached hydrogens (tertiary/aromatic N) is 1. The second kappa shape index (κ2) is 9.67. The molecule has 2 aromatic rings. The zero-order valence-electron chi connectivity index (χ0n) is 18.6. The molecule has 13 heteroatoms. The number of aryl methyl sites for hydroxylation is 1. The van der Waals surface area contributed by atoms with Crippen LogP contribution in [0.25, 0.3) is 10.4 Å². The molecule has 0 aliphatic rings. The van der Waals surface area contributed by atoms with E-state index in [1.54, 1.807) is 27.7 Å². The normalized spacial score (nSPS) is 12.4. The van der Waals surface area contributed by atoms with Gasteiger partial charge in [0.2, 0.25) is 0 Å². The number of aromatic nitrogens is 1. The molecule has 1 heterocycles. The number of esters is 1. The number of thiazole rings is 1. The second-order valence-corrected chi connectivity index (χ2v) is 11.1. The third-order valence-electron chi connectivity index (χ3n) is 4.00. The van der Waals surface area contributed by atoms with Crippen molar-refractivity contribution in [3.8, 4) is 10.4 Å². The zero-order chi connectivity index (χ0) is 25.2. The zero-order valence-corrected chi connectivity index (χ0v) is 20.2. The molecule has 33 heavy (non-hydrogen) atoms. The lowest BCUT2D eigenvalue weighted by Gasteiger charge is -2.19. The van der Waals surface area contributed by atoms with Crippen LogP contribution >= 0.6 is 11.3 Å². The van der Waals surface area contributed by atoms with Gasteiger partial charge in [0.05, 0.1) is 27.5 Å². The van der Waals surface area contributed by atoms with Crippen molar-refractivity contribution >= 4 is 38.3 Å². The molecule has 0 aliphatic carbocycles. The van der Waals surface area contributed by atoms with Gasteiger partial charge in [0.15, 0.2) is 15.0 Å². The van der Waals surface area contributed by atoms with Gasteiger partial charge in [-0.25, -0.2) is 18.2 Å². The number of nitrogens with one attached hydrogen (secondary N) is 2. The first-order valence-electron chi connectivity index (χ1n) is 9.63. The van der Waals surface area contributed by atoms with Crippen LogP contribution in [0.2, 0.25) is 0 Å². The number of hydrogen-bond acceptors (Lipinski definition) is 7. The number of carbonyl (C=O) groups excluding carboxylic acids is 2. The third kappa shape index (κ3) is 7.70. The Balaban J connectivity index is 2.14. The largest absolute Gasteiger partial charge is 0.460 e. The van der Waals surface area contributed by atoms with E-state index in [1.165, 1.54) is 6.07 Å². The van der Waals surface area contributed by atoms with Gasteiger partial charge in [0, 0.05) is 12.8 Å². The average molecular weight is 508 g/mol. The SMILES string of the molecule is Cc1nc(NC(=O)NCCC(=O)OC(C)(C)C)sc1-c1ccc(S(C)(=O)=O)c(C(F)(F)F)c1. The fourth-order valence-corrected chi connectivity index (χ4v) is 4.59. The Morgan fingerprint density at radius 1 is 1.18 bits per heavy atom. The van der Waals surface area contributed by atoms with Crippen LogP contribution in [0.15, 0.2) is 23.1 Å². The molecule has 0 unspecified atom stereocenters. The molecule has 2 rings (SSSR count). The van der Waals surface area contributed by atoms with Gasteiger partial charge in [0.25, 0.3) is 0 Å². The van der Waals surface area contributed by atoms with Crippen LogP contribution in [0.1, 0.15) is 38.4 Å². The molecule has 0 spiro atoms. The first-order chi connectivity index (χ1) is 15.0. The van der Waals surface area contributed by atoms with Gasteiger partial charge in [-0.05, 0) is 45.4 Å². The minimum Gasteiger partial charge on any atom is -0.460 e. The fourth-order valence-electron chi connectivity index (χ4n) is 2.75. The fraction of sp³-hybridized carbons (Fsp3) is 0.450. The van der Waals surface area contributed by atoms with Crippen LogP contribution in [0.3, 0.4) is 0 Å². The number of sulfone groups is 1. The van der Waals surface area contributed by atoms with Crippen LogP contribution < -0.4 is 10.6 Å². The van der Waals surface area contributed by atoms with E-state index < -0.39 is 44.1 Å². The first kappa shape index (κ1) is 26.6. The highest BCUT2D eigenvalue weighted by atomic mass is 32.2. The van der Waals surface area contributed by atoms with Crippen molar-refractivity contribution in [2.45, 2.75) is 50.8 Å². The molecule has 0 aliphatic heterocycles. The molecule has 8 nitrogen and oxygen atoms in total. The van der Waals surface area contributed by atoms with Crippen molar-refractivity contribution in [1.29, 1.82) is 0 Å². The van der Waals surface area contributed by atoms with Crippen LogP contribution in [0, 0.1) is 6.92 Å². The molecular formula is C20H24F3N3O5S2. The van der Waals surface area contributed by atoms with Crippen molar-refractivity contribution in [1.82, 2.24) is 10.3 Å². The van der Waals surface area contributed by atoms with Gasteiger partial charge in [-0.3, -0.25) is 10.1 Å². The number of benzene rings is 1.